The van der Waals surface area contributed by atoms with Gasteiger partial charge in [0.2, 0.25) is 9.81 Å². The lowest BCUT2D eigenvalue weighted by Crippen LogP contribution is -2.18. The summed E-state index contributed by atoms with van der Waals surface area (Å²) >= 11 is 0.0580. The van der Waals surface area contributed by atoms with Gasteiger partial charge < -0.3 is 0 Å². The molecule has 0 unspecified atom stereocenters. The third-order valence-electron chi connectivity index (χ3n) is 4.25. The van der Waals surface area contributed by atoms with E-state index in [1.807, 2.05) is 0 Å². The zero-order chi connectivity index (χ0) is 25.5. The standard InChI is InChI=1S/C18H13F6N5O3S2/c1-3-34(31,32)11-7-9(10-5-4-6-12(26-10)17(19,20)21)8-25-13(11)14(30)27-16-29(2)28-15(33-16)18(22,23)24/h4-8H,3H2,1-2H3. The summed E-state index contributed by atoms with van der Waals surface area (Å²) in [7, 11) is -3.05. The Balaban J connectivity index is 2.15. The van der Waals surface area contributed by atoms with Crippen molar-refractivity contribution in [1.29, 1.82) is 0 Å². The Hall–Kier alpha value is -3.14. The van der Waals surface area contributed by atoms with Crippen molar-refractivity contribution in [3.8, 4) is 11.3 Å². The lowest BCUT2D eigenvalue weighted by Gasteiger charge is -2.10. The fraction of sp³-hybridized carbons (Fsp3) is 0.278. The number of carbonyl (C=O) groups excluding carboxylic acids is 1. The van der Waals surface area contributed by atoms with Gasteiger partial charge in [-0.15, -0.1) is 0 Å². The summed E-state index contributed by atoms with van der Waals surface area (Å²) in [6.07, 6.45) is -8.61. The van der Waals surface area contributed by atoms with Crippen LogP contribution in [0.25, 0.3) is 11.3 Å². The van der Waals surface area contributed by atoms with Gasteiger partial charge >= 0.3 is 12.4 Å². The molecule has 0 aliphatic rings. The topological polar surface area (TPSA) is 107 Å². The van der Waals surface area contributed by atoms with Gasteiger partial charge in [-0.3, -0.25) is 4.79 Å². The molecule has 0 aliphatic heterocycles. The number of sulfone groups is 1. The Bertz CT molecular complexity index is 1420. The smallest absolute Gasteiger partial charge is 0.265 e. The summed E-state index contributed by atoms with van der Waals surface area (Å²) in [5.74, 6) is -1.77. The number of carbonyl (C=O) groups is 1. The average Bonchev–Trinajstić information content (AvgIpc) is 3.13. The first-order chi connectivity index (χ1) is 15.6. The number of amides is 1. The first kappa shape index (κ1) is 25.5. The highest BCUT2D eigenvalue weighted by atomic mass is 32.2. The molecule has 0 saturated heterocycles. The molecule has 0 bridgehead atoms. The third-order valence-corrected chi connectivity index (χ3v) is 7.04. The molecule has 0 aliphatic carbocycles. The minimum Gasteiger partial charge on any atom is -0.265 e. The number of nitrogens with zero attached hydrogens (tertiary/aromatic N) is 5. The van der Waals surface area contributed by atoms with E-state index >= 15 is 0 Å². The molecule has 3 heterocycles. The van der Waals surface area contributed by atoms with Crippen molar-refractivity contribution in [1.82, 2.24) is 19.7 Å². The molecular formula is C18H13F6N5O3S2. The highest BCUT2D eigenvalue weighted by Crippen LogP contribution is 2.31. The van der Waals surface area contributed by atoms with Gasteiger partial charge in [0.25, 0.3) is 5.91 Å². The van der Waals surface area contributed by atoms with Crippen LogP contribution in [0.3, 0.4) is 0 Å². The van der Waals surface area contributed by atoms with Crippen LogP contribution in [0, 0.1) is 0 Å². The number of hydrogen-bond acceptors (Lipinski definition) is 7. The van der Waals surface area contributed by atoms with Crippen molar-refractivity contribution in [2.75, 3.05) is 5.75 Å². The molecule has 182 valence electrons. The molecule has 0 aromatic carbocycles. The molecule has 0 N–H and O–H groups in total. The Kier molecular flexibility index (Phi) is 6.67. The number of rotatable bonds is 4. The van der Waals surface area contributed by atoms with E-state index in [0.29, 0.717) is 4.68 Å². The molecule has 0 fully saturated rings. The minimum absolute atomic E-state index is 0.0580. The van der Waals surface area contributed by atoms with E-state index in [0.717, 1.165) is 31.4 Å². The van der Waals surface area contributed by atoms with E-state index in [2.05, 4.69) is 20.1 Å². The summed E-state index contributed by atoms with van der Waals surface area (Å²) < 4.78 is 103. The van der Waals surface area contributed by atoms with E-state index in [1.165, 1.54) is 13.0 Å². The third kappa shape index (κ3) is 5.32. The van der Waals surface area contributed by atoms with Gasteiger partial charge in [0.05, 0.1) is 16.3 Å². The maximum absolute atomic E-state index is 13.0. The summed E-state index contributed by atoms with van der Waals surface area (Å²) in [5, 5.41) is 1.95. The number of halogens is 6. The van der Waals surface area contributed by atoms with E-state index in [1.54, 1.807) is 0 Å². The average molecular weight is 525 g/mol. The van der Waals surface area contributed by atoms with Crippen LogP contribution < -0.4 is 4.80 Å². The van der Waals surface area contributed by atoms with Crippen LogP contribution in [0.1, 0.15) is 28.1 Å². The second kappa shape index (κ2) is 8.90. The number of pyridine rings is 2. The predicted molar refractivity (Wildman–Crippen MR) is 106 cm³/mol. The number of aryl methyl sites for hydroxylation is 1. The Morgan fingerprint density at radius 1 is 1.15 bits per heavy atom. The van der Waals surface area contributed by atoms with Crippen molar-refractivity contribution < 1.29 is 39.6 Å². The summed E-state index contributed by atoms with van der Waals surface area (Å²) in [6.45, 7) is 1.26. The quantitative estimate of drug-likeness (QED) is 0.483. The van der Waals surface area contributed by atoms with Crippen LogP contribution in [-0.4, -0.2) is 39.8 Å². The van der Waals surface area contributed by atoms with E-state index in [4.69, 9.17) is 0 Å². The predicted octanol–water partition coefficient (Wildman–Crippen LogP) is 3.51. The molecular weight excluding hydrogens is 512 g/mol. The van der Waals surface area contributed by atoms with Crippen molar-refractivity contribution in [3.05, 3.63) is 51.7 Å². The first-order valence-corrected chi connectivity index (χ1v) is 11.6. The van der Waals surface area contributed by atoms with Gasteiger partial charge in [0.1, 0.15) is 11.4 Å². The molecule has 0 atom stereocenters. The van der Waals surface area contributed by atoms with Crippen molar-refractivity contribution >= 4 is 27.1 Å². The zero-order valence-corrected chi connectivity index (χ0v) is 18.8. The van der Waals surface area contributed by atoms with E-state index < -0.39 is 59.9 Å². The highest BCUT2D eigenvalue weighted by molar-refractivity contribution is 7.91. The Morgan fingerprint density at radius 2 is 1.82 bits per heavy atom. The second-order valence-corrected chi connectivity index (χ2v) is 9.81. The van der Waals surface area contributed by atoms with E-state index in [-0.39, 0.29) is 22.6 Å². The van der Waals surface area contributed by atoms with Gasteiger partial charge in [-0.2, -0.15) is 36.4 Å². The monoisotopic (exact) mass is 525 g/mol. The van der Waals surface area contributed by atoms with Gasteiger partial charge in [0, 0.05) is 18.8 Å². The molecule has 0 spiro atoms. The molecule has 0 radical (unpaired) electrons. The van der Waals surface area contributed by atoms with Crippen molar-refractivity contribution in [2.45, 2.75) is 24.2 Å². The van der Waals surface area contributed by atoms with Crippen LogP contribution in [0.5, 0.6) is 0 Å². The molecule has 8 nitrogen and oxygen atoms in total. The van der Waals surface area contributed by atoms with Crippen LogP contribution in [0.2, 0.25) is 0 Å². The number of aromatic nitrogens is 4. The van der Waals surface area contributed by atoms with Crippen molar-refractivity contribution in [3.63, 3.8) is 0 Å². The van der Waals surface area contributed by atoms with Crippen LogP contribution in [-0.2, 0) is 29.2 Å². The van der Waals surface area contributed by atoms with Gasteiger partial charge in [-0.05, 0) is 18.2 Å². The van der Waals surface area contributed by atoms with Crippen LogP contribution in [0.4, 0.5) is 26.3 Å². The lowest BCUT2D eigenvalue weighted by atomic mass is 10.1. The van der Waals surface area contributed by atoms with Gasteiger partial charge in [-0.1, -0.05) is 24.3 Å². The molecule has 3 aromatic heterocycles. The fourth-order valence-electron chi connectivity index (χ4n) is 2.59. The molecule has 3 aromatic rings. The number of hydrogen-bond donors (Lipinski definition) is 0. The zero-order valence-electron chi connectivity index (χ0n) is 17.1. The van der Waals surface area contributed by atoms with Crippen molar-refractivity contribution in [2.24, 2.45) is 12.0 Å². The Morgan fingerprint density at radius 3 is 2.38 bits per heavy atom. The Labute approximate surface area is 191 Å². The molecule has 34 heavy (non-hydrogen) atoms. The van der Waals surface area contributed by atoms with Gasteiger partial charge in [0.15, 0.2) is 9.84 Å². The lowest BCUT2D eigenvalue weighted by molar-refractivity contribution is -0.141. The maximum Gasteiger partial charge on any atom is 0.445 e. The largest absolute Gasteiger partial charge is 0.445 e. The normalized spacial score (nSPS) is 13.4. The summed E-state index contributed by atoms with van der Waals surface area (Å²) in [5.41, 5.74) is -2.32. The molecule has 0 saturated carbocycles. The van der Waals surface area contributed by atoms with Crippen LogP contribution >= 0.6 is 11.3 Å². The SMILES string of the molecule is CCS(=O)(=O)c1cc(-c2cccc(C(F)(F)F)n2)cnc1C(=O)N=c1sc(C(F)(F)F)nn1C. The molecule has 16 heteroatoms. The summed E-state index contributed by atoms with van der Waals surface area (Å²) in [4.78, 5) is 22.3. The van der Waals surface area contributed by atoms with E-state index in [9.17, 15) is 39.6 Å². The molecule has 3 rings (SSSR count). The highest BCUT2D eigenvalue weighted by Gasteiger charge is 2.36. The summed E-state index contributed by atoms with van der Waals surface area (Å²) in [6, 6.07) is 3.90. The first-order valence-electron chi connectivity index (χ1n) is 9.11. The minimum atomic E-state index is -4.78. The van der Waals surface area contributed by atoms with Gasteiger partial charge in [-0.25, -0.2) is 23.1 Å². The fourth-order valence-corrected chi connectivity index (χ4v) is 4.40. The number of alkyl halides is 6. The molecule has 1 amide bonds. The maximum atomic E-state index is 13.0. The van der Waals surface area contributed by atoms with Crippen LogP contribution in [0.15, 0.2) is 40.4 Å². The second-order valence-electron chi connectivity index (χ2n) is 6.61.